The third kappa shape index (κ3) is 4.60. The molecule has 158 valence electrons. The van der Waals surface area contributed by atoms with E-state index in [9.17, 15) is 4.79 Å². The molecule has 0 fully saturated rings. The minimum atomic E-state index is -0.148. The van der Waals surface area contributed by atoms with E-state index >= 15 is 0 Å². The first-order valence-electron chi connectivity index (χ1n) is 10.1. The summed E-state index contributed by atoms with van der Waals surface area (Å²) in [5.41, 5.74) is 1.89. The van der Waals surface area contributed by atoms with Crippen molar-refractivity contribution in [2.24, 2.45) is 0 Å². The summed E-state index contributed by atoms with van der Waals surface area (Å²) in [5.74, 6) is 2.99. The first-order chi connectivity index (χ1) is 14.5. The van der Waals surface area contributed by atoms with E-state index in [0.29, 0.717) is 17.9 Å². The highest BCUT2D eigenvalue weighted by Gasteiger charge is 2.20. The molecule has 0 unspecified atom stereocenters. The van der Waals surface area contributed by atoms with Crippen LogP contribution in [0, 0.1) is 13.8 Å². The summed E-state index contributed by atoms with van der Waals surface area (Å²) in [6.45, 7) is 7.61. The topological polar surface area (TPSA) is 76.2 Å². The normalized spacial score (nSPS) is 14.4. The molecule has 1 aromatic carbocycles. The third-order valence-electron chi connectivity index (χ3n) is 5.45. The Kier molecular flexibility index (Phi) is 6.24. The molecule has 0 spiro atoms. The second-order valence-electron chi connectivity index (χ2n) is 7.57. The number of nitrogens with one attached hydrogen (secondary N) is 1. The number of nitrogens with zero attached hydrogens (tertiary/aromatic N) is 4. The predicted octanol–water partition coefficient (Wildman–Crippen LogP) is 3.20. The zero-order valence-electron chi connectivity index (χ0n) is 17.6. The van der Waals surface area contributed by atoms with Gasteiger partial charge >= 0.3 is 0 Å². The highest BCUT2D eigenvalue weighted by atomic mass is 32.2. The summed E-state index contributed by atoms with van der Waals surface area (Å²) in [5, 5.41) is 11.6. The van der Waals surface area contributed by atoms with Crippen LogP contribution >= 0.6 is 11.8 Å². The van der Waals surface area contributed by atoms with Crippen molar-refractivity contribution in [3.05, 3.63) is 64.6 Å². The van der Waals surface area contributed by atoms with Crippen LogP contribution in [0.25, 0.3) is 0 Å². The number of benzene rings is 1. The minimum absolute atomic E-state index is 0.148. The number of amides is 1. The molecule has 0 saturated heterocycles. The van der Waals surface area contributed by atoms with Crippen LogP contribution in [0.2, 0.25) is 0 Å². The molecule has 1 aliphatic heterocycles. The lowest BCUT2D eigenvalue weighted by atomic mass is 10.2. The Labute approximate surface area is 180 Å². The Morgan fingerprint density at radius 1 is 1.17 bits per heavy atom. The third-order valence-corrected chi connectivity index (χ3v) is 6.20. The van der Waals surface area contributed by atoms with Crippen molar-refractivity contribution in [2.45, 2.75) is 44.8 Å². The molecule has 0 aliphatic carbocycles. The van der Waals surface area contributed by atoms with Crippen LogP contribution in [0.5, 0.6) is 0 Å². The van der Waals surface area contributed by atoms with Crippen LogP contribution in [0.3, 0.4) is 0 Å². The number of rotatable bonds is 6. The second-order valence-corrected chi connectivity index (χ2v) is 8.45. The number of carbonyl (C=O) groups excluding carboxylic acids is 1. The fourth-order valence-electron chi connectivity index (χ4n) is 3.82. The molecule has 2 aromatic heterocycles. The van der Waals surface area contributed by atoms with Gasteiger partial charge in [0.25, 0.3) is 5.91 Å². The molecular formula is C22H27N5O2S. The molecule has 4 rings (SSSR count). The van der Waals surface area contributed by atoms with Crippen LogP contribution in [0.1, 0.15) is 39.1 Å². The molecule has 1 amide bonds. The maximum absolute atomic E-state index is 12.5. The molecule has 8 heteroatoms. The van der Waals surface area contributed by atoms with Crippen molar-refractivity contribution in [1.29, 1.82) is 0 Å². The Hall–Kier alpha value is -2.58. The number of hydrogen-bond donors (Lipinski definition) is 1. The van der Waals surface area contributed by atoms with Gasteiger partial charge in [0.15, 0.2) is 5.82 Å². The fraction of sp³-hybridized carbons (Fsp3) is 0.409. The average Bonchev–Trinajstić information content (AvgIpc) is 3.23. The monoisotopic (exact) mass is 425 g/mol. The Morgan fingerprint density at radius 3 is 2.67 bits per heavy atom. The van der Waals surface area contributed by atoms with E-state index in [4.69, 9.17) is 4.42 Å². The summed E-state index contributed by atoms with van der Waals surface area (Å²) < 4.78 is 7.60. The number of aryl methyl sites for hydroxylation is 2. The van der Waals surface area contributed by atoms with Crippen molar-refractivity contribution in [1.82, 2.24) is 25.0 Å². The Balaban J connectivity index is 1.36. The summed E-state index contributed by atoms with van der Waals surface area (Å²) in [7, 11) is 0. The number of fused-ring (bicyclic) bond motifs is 1. The molecule has 3 heterocycles. The van der Waals surface area contributed by atoms with Gasteiger partial charge in [0, 0.05) is 37.5 Å². The number of aromatic nitrogens is 3. The largest absolute Gasteiger partial charge is 0.466 e. The summed E-state index contributed by atoms with van der Waals surface area (Å²) in [4.78, 5) is 16.2. The van der Waals surface area contributed by atoms with Gasteiger partial charge in [-0.25, -0.2) is 0 Å². The van der Waals surface area contributed by atoms with Gasteiger partial charge in [0.05, 0.1) is 12.1 Å². The van der Waals surface area contributed by atoms with Gasteiger partial charge in [0.2, 0.25) is 0 Å². The molecule has 3 aromatic rings. The maximum Gasteiger partial charge on any atom is 0.255 e. The number of furan rings is 1. The van der Waals surface area contributed by atoms with E-state index in [-0.39, 0.29) is 5.91 Å². The van der Waals surface area contributed by atoms with E-state index < -0.39 is 0 Å². The first-order valence-corrected chi connectivity index (χ1v) is 11.4. The SMILES string of the molecule is CSc1ccc(CN2CCc3nnc(CNC(=O)c4cc(C)oc4C)n3CC2)cc1. The standard InChI is InChI=1S/C22H27N5O2S/c1-15-12-19(16(2)29-15)22(28)23-13-21-25-24-20-8-9-26(10-11-27(20)21)14-17-4-6-18(30-3)7-5-17/h4-7,12H,8-11,13-14H2,1-3H3,(H,23,28). The van der Waals surface area contributed by atoms with Crippen molar-refractivity contribution < 1.29 is 9.21 Å². The number of carbonyl (C=O) groups is 1. The zero-order chi connectivity index (χ0) is 21.1. The molecule has 30 heavy (non-hydrogen) atoms. The van der Waals surface area contributed by atoms with E-state index in [1.807, 2.05) is 6.92 Å². The maximum atomic E-state index is 12.5. The molecule has 1 N–H and O–H groups in total. The van der Waals surface area contributed by atoms with Crippen molar-refractivity contribution >= 4 is 17.7 Å². The van der Waals surface area contributed by atoms with Gasteiger partial charge in [-0.1, -0.05) is 12.1 Å². The molecular weight excluding hydrogens is 398 g/mol. The lowest BCUT2D eigenvalue weighted by Gasteiger charge is -2.19. The van der Waals surface area contributed by atoms with Crippen LogP contribution in [-0.4, -0.2) is 44.9 Å². The van der Waals surface area contributed by atoms with Gasteiger partial charge in [0.1, 0.15) is 17.3 Å². The van der Waals surface area contributed by atoms with Crippen LogP contribution in [0.4, 0.5) is 0 Å². The van der Waals surface area contributed by atoms with Crippen LogP contribution < -0.4 is 5.32 Å². The summed E-state index contributed by atoms with van der Waals surface area (Å²) in [6, 6.07) is 10.5. The molecule has 0 atom stereocenters. The number of thioether (sulfide) groups is 1. The van der Waals surface area contributed by atoms with Gasteiger partial charge < -0.3 is 14.3 Å². The number of hydrogen-bond acceptors (Lipinski definition) is 6. The van der Waals surface area contributed by atoms with Crippen molar-refractivity contribution in [2.75, 3.05) is 19.3 Å². The highest BCUT2D eigenvalue weighted by Crippen LogP contribution is 2.18. The Bertz CT molecular complexity index is 1020. The van der Waals surface area contributed by atoms with E-state index in [1.54, 1.807) is 24.8 Å². The average molecular weight is 426 g/mol. The van der Waals surface area contributed by atoms with Gasteiger partial charge in [-0.2, -0.15) is 0 Å². The highest BCUT2D eigenvalue weighted by molar-refractivity contribution is 7.98. The Morgan fingerprint density at radius 2 is 1.97 bits per heavy atom. The van der Waals surface area contributed by atoms with Crippen LogP contribution in [0.15, 0.2) is 39.6 Å². The second kappa shape index (κ2) is 9.06. The van der Waals surface area contributed by atoms with E-state index in [1.165, 1.54) is 10.5 Å². The molecule has 0 bridgehead atoms. The quantitative estimate of drug-likeness (QED) is 0.611. The van der Waals surface area contributed by atoms with Crippen LogP contribution in [-0.2, 0) is 26.1 Å². The van der Waals surface area contributed by atoms with E-state index in [2.05, 4.69) is 55.5 Å². The lowest BCUT2D eigenvalue weighted by molar-refractivity contribution is 0.0948. The summed E-state index contributed by atoms with van der Waals surface area (Å²) >= 11 is 1.76. The van der Waals surface area contributed by atoms with Gasteiger partial charge in [-0.3, -0.25) is 9.69 Å². The summed E-state index contributed by atoms with van der Waals surface area (Å²) in [6.07, 6.45) is 2.94. The predicted molar refractivity (Wildman–Crippen MR) is 117 cm³/mol. The minimum Gasteiger partial charge on any atom is -0.466 e. The fourth-order valence-corrected chi connectivity index (χ4v) is 4.22. The van der Waals surface area contributed by atoms with Crippen molar-refractivity contribution in [3.8, 4) is 0 Å². The molecule has 0 saturated carbocycles. The van der Waals surface area contributed by atoms with Gasteiger partial charge in [-0.15, -0.1) is 22.0 Å². The smallest absolute Gasteiger partial charge is 0.255 e. The lowest BCUT2D eigenvalue weighted by Crippen LogP contribution is -2.28. The zero-order valence-corrected chi connectivity index (χ0v) is 18.5. The van der Waals surface area contributed by atoms with E-state index in [0.717, 1.165) is 50.0 Å². The van der Waals surface area contributed by atoms with Crippen molar-refractivity contribution in [3.63, 3.8) is 0 Å². The molecule has 0 radical (unpaired) electrons. The van der Waals surface area contributed by atoms with Gasteiger partial charge in [-0.05, 0) is 43.9 Å². The molecule has 7 nitrogen and oxygen atoms in total. The first kappa shape index (κ1) is 20.7. The molecule has 1 aliphatic rings.